The molecule has 0 spiro atoms. The number of nitrogens with zero attached hydrogens (tertiary/aromatic N) is 1. The van der Waals surface area contributed by atoms with E-state index in [-0.39, 0.29) is 18.9 Å². The fourth-order valence-corrected chi connectivity index (χ4v) is 3.18. The number of carbonyl (C=O) groups excluding carboxylic acids is 2. The molecule has 0 saturated carbocycles. The molecule has 0 aliphatic heterocycles. The van der Waals surface area contributed by atoms with Crippen LogP contribution in [-0.2, 0) is 11.2 Å². The first-order valence-electron chi connectivity index (χ1n) is 8.57. The number of nitrogens with one attached hydrogen (secondary N) is 1. The number of aliphatic hydroxyl groups is 1. The van der Waals surface area contributed by atoms with Crippen LogP contribution in [0.2, 0.25) is 0 Å². The van der Waals surface area contributed by atoms with E-state index >= 15 is 0 Å². The number of likely N-dealkylation sites (N-methyl/N-ethyl adjacent to an activating group) is 1. The van der Waals surface area contributed by atoms with Gasteiger partial charge in [-0.15, -0.1) is 0 Å². The molecule has 7 heteroatoms. The summed E-state index contributed by atoms with van der Waals surface area (Å²) in [6.45, 7) is -0.289. The molecule has 0 aromatic heterocycles. The molecule has 2 atom stereocenters. The molecule has 2 aromatic carbocycles. The number of hydrogen-bond acceptors (Lipinski definition) is 4. The minimum atomic E-state index is -0.588. The minimum absolute atomic E-state index is 0.219. The zero-order valence-electron chi connectivity index (χ0n) is 15.0. The largest absolute Gasteiger partial charge is 0.394 e. The van der Waals surface area contributed by atoms with Crippen LogP contribution in [0.1, 0.15) is 22.3 Å². The van der Waals surface area contributed by atoms with Crippen molar-refractivity contribution in [2.45, 2.75) is 18.9 Å². The highest BCUT2D eigenvalue weighted by Gasteiger charge is 2.28. The second-order valence-corrected chi connectivity index (χ2v) is 7.27. The van der Waals surface area contributed by atoms with E-state index in [0.717, 1.165) is 10.0 Å². The van der Waals surface area contributed by atoms with Crippen molar-refractivity contribution in [3.63, 3.8) is 0 Å². The average molecular weight is 435 g/mol. The van der Waals surface area contributed by atoms with E-state index in [4.69, 9.17) is 5.21 Å². The maximum absolute atomic E-state index is 12.7. The van der Waals surface area contributed by atoms with Crippen molar-refractivity contribution in [3.05, 3.63) is 70.2 Å². The van der Waals surface area contributed by atoms with Gasteiger partial charge < -0.3 is 10.0 Å². The van der Waals surface area contributed by atoms with E-state index in [1.54, 1.807) is 36.8 Å². The monoisotopic (exact) mass is 434 g/mol. The summed E-state index contributed by atoms with van der Waals surface area (Å²) in [5.74, 6) is -1.37. The van der Waals surface area contributed by atoms with Gasteiger partial charge in [0.2, 0.25) is 5.91 Å². The van der Waals surface area contributed by atoms with E-state index in [1.807, 2.05) is 30.3 Å². The lowest BCUT2D eigenvalue weighted by molar-refractivity contribution is -0.134. The van der Waals surface area contributed by atoms with Gasteiger partial charge in [-0.05, 0) is 42.7 Å². The molecule has 2 rings (SSSR count). The first kappa shape index (κ1) is 21.1. The molecular weight excluding hydrogens is 412 g/mol. The molecule has 144 valence electrons. The fraction of sp³-hybridized carbons (Fsp3) is 0.300. The summed E-state index contributed by atoms with van der Waals surface area (Å²) in [6.07, 6.45) is 0.612. The van der Waals surface area contributed by atoms with Crippen molar-refractivity contribution >= 4 is 27.7 Å². The third kappa shape index (κ3) is 5.89. The summed E-state index contributed by atoms with van der Waals surface area (Å²) < 4.78 is 0.864. The Kier molecular flexibility index (Phi) is 7.97. The van der Waals surface area contributed by atoms with Gasteiger partial charge in [0, 0.05) is 23.0 Å². The van der Waals surface area contributed by atoms with Crippen LogP contribution < -0.4 is 5.48 Å². The Morgan fingerprint density at radius 3 is 2.30 bits per heavy atom. The Labute approximate surface area is 166 Å². The zero-order valence-corrected chi connectivity index (χ0v) is 16.6. The number of rotatable bonds is 8. The number of hydroxylamine groups is 1. The summed E-state index contributed by atoms with van der Waals surface area (Å²) in [7, 11) is 1.60. The maximum Gasteiger partial charge on any atom is 0.253 e. The van der Waals surface area contributed by atoms with Crippen LogP contribution in [0, 0.1) is 5.92 Å². The molecule has 0 saturated heterocycles. The summed E-state index contributed by atoms with van der Waals surface area (Å²) in [4.78, 5) is 26.2. The molecule has 3 N–H and O–H groups in total. The van der Waals surface area contributed by atoms with E-state index in [0.29, 0.717) is 12.0 Å². The van der Waals surface area contributed by atoms with Crippen LogP contribution in [0.3, 0.4) is 0 Å². The number of benzene rings is 2. The maximum atomic E-state index is 12.7. The first-order valence-corrected chi connectivity index (χ1v) is 9.37. The Balaban J connectivity index is 2.13. The number of halogens is 1. The minimum Gasteiger partial charge on any atom is -0.394 e. The van der Waals surface area contributed by atoms with Crippen molar-refractivity contribution in [3.8, 4) is 0 Å². The number of aliphatic hydroxyl groups excluding tert-OH is 1. The summed E-state index contributed by atoms with van der Waals surface area (Å²) >= 11 is 3.33. The Morgan fingerprint density at radius 1 is 1.11 bits per heavy atom. The highest BCUT2D eigenvalue weighted by Crippen LogP contribution is 2.19. The van der Waals surface area contributed by atoms with Crippen LogP contribution in [0.4, 0.5) is 0 Å². The predicted octanol–water partition coefficient (Wildman–Crippen LogP) is 2.64. The van der Waals surface area contributed by atoms with Crippen molar-refractivity contribution < 1.29 is 19.9 Å². The molecule has 0 radical (unpaired) electrons. The lowest BCUT2D eigenvalue weighted by Crippen LogP contribution is -2.43. The predicted molar refractivity (Wildman–Crippen MR) is 105 cm³/mol. The Bertz CT molecular complexity index is 752. The van der Waals surface area contributed by atoms with Gasteiger partial charge in [-0.25, -0.2) is 5.48 Å². The Hall–Kier alpha value is -2.22. The SMILES string of the molecule is CN(C(=O)c1ccc(Br)cc1)[C@H](CO)C[C@H](Cc1ccccc1)C(=O)NO. The standard InChI is InChI=1S/C20H23BrN2O4/c1-23(20(26)15-7-9-17(21)10-8-15)18(13-24)12-16(19(25)22-27)11-14-5-3-2-4-6-14/h2-10,16,18,24,27H,11-13H2,1H3,(H,22,25)/t16-,18-/m0/s1. The summed E-state index contributed by atoms with van der Waals surface area (Å²) in [6, 6.07) is 15.8. The van der Waals surface area contributed by atoms with Gasteiger partial charge in [0.15, 0.2) is 0 Å². The number of carbonyl (C=O) groups is 2. The smallest absolute Gasteiger partial charge is 0.253 e. The van der Waals surface area contributed by atoms with Gasteiger partial charge in [-0.3, -0.25) is 14.8 Å². The average Bonchev–Trinajstić information content (AvgIpc) is 2.70. The molecule has 0 bridgehead atoms. The van der Waals surface area contributed by atoms with Crippen LogP contribution >= 0.6 is 15.9 Å². The van der Waals surface area contributed by atoms with Gasteiger partial charge in [0.1, 0.15) is 0 Å². The highest BCUT2D eigenvalue weighted by molar-refractivity contribution is 9.10. The van der Waals surface area contributed by atoms with Gasteiger partial charge in [-0.1, -0.05) is 46.3 Å². The van der Waals surface area contributed by atoms with Crippen LogP contribution in [0.5, 0.6) is 0 Å². The fourth-order valence-electron chi connectivity index (χ4n) is 2.92. The van der Waals surface area contributed by atoms with Gasteiger partial charge >= 0.3 is 0 Å². The Morgan fingerprint density at radius 2 is 1.74 bits per heavy atom. The van der Waals surface area contributed by atoms with Crippen molar-refractivity contribution in [1.82, 2.24) is 10.4 Å². The van der Waals surface area contributed by atoms with Crippen LogP contribution in [0.25, 0.3) is 0 Å². The quantitative estimate of drug-likeness (QED) is 0.439. The first-order chi connectivity index (χ1) is 13.0. The van der Waals surface area contributed by atoms with E-state index in [1.165, 1.54) is 4.90 Å². The summed E-state index contributed by atoms with van der Waals surface area (Å²) in [5.41, 5.74) is 3.12. The van der Waals surface area contributed by atoms with E-state index in [9.17, 15) is 14.7 Å². The van der Waals surface area contributed by atoms with Crippen molar-refractivity contribution in [2.24, 2.45) is 5.92 Å². The molecule has 0 unspecified atom stereocenters. The second-order valence-electron chi connectivity index (χ2n) is 6.36. The normalized spacial score (nSPS) is 12.9. The molecular formula is C20H23BrN2O4. The molecule has 0 aliphatic rings. The number of hydrogen-bond donors (Lipinski definition) is 3. The van der Waals surface area contributed by atoms with E-state index < -0.39 is 17.9 Å². The molecule has 6 nitrogen and oxygen atoms in total. The lowest BCUT2D eigenvalue weighted by Gasteiger charge is -2.29. The van der Waals surface area contributed by atoms with Crippen molar-refractivity contribution in [1.29, 1.82) is 0 Å². The van der Waals surface area contributed by atoms with Gasteiger partial charge in [0.25, 0.3) is 5.91 Å². The third-order valence-corrected chi connectivity index (χ3v) is 5.06. The van der Waals surface area contributed by atoms with E-state index in [2.05, 4.69) is 15.9 Å². The second kappa shape index (κ2) is 10.2. The van der Waals surface area contributed by atoms with Crippen LogP contribution in [-0.4, -0.2) is 46.7 Å². The van der Waals surface area contributed by atoms with Gasteiger partial charge in [0.05, 0.1) is 12.6 Å². The molecule has 0 fully saturated rings. The lowest BCUT2D eigenvalue weighted by atomic mass is 9.91. The molecule has 2 amide bonds. The summed E-state index contributed by atoms with van der Waals surface area (Å²) in [5, 5.41) is 18.9. The molecule has 0 aliphatic carbocycles. The highest BCUT2D eigenvalue weighted by atomic mass is 79.9. The zero-order chi connectivity index (χ0) is 19.8. The topological polar surface area (TPSA) is 89.9 Å². The third-order valence-electron chi connectivity index (χ3n) is 4.53. The van der Waals surface area contributed by atoms with Crippen LogP contribution in [0.15, 0.2) is 59.1 Å². The molecule has 2 aromatic rings. The van der Waals surface area contributed by atoms with Crippen molar-refractivity contribution in [2.75, 3.05) is 13.7 Å². The molecule has 27 heavy (non-hydrogen) atoms. The van der Waals surface area contributed by atoms with Gasteiger partial charge in [-0.2, -0.15) is 0 Å². The molecule has 0 heterocycles. The number of amides is 2.